The van der Waals surface area contributed by atoms with Crippen molar-refractivity contribution >= 4 is 10.0 Å². The van der Waals surface area contributed by atoms with Crippen molar-refractivity contribution in [1.82, 2.24) is 4.72 Å². The number of rotatable bonds is 4. The van der Waals surface area contributed by atoms with E-state index in [0.717, 1.165) is 12.8 Å². The van der Waals surface area contributed by atoms with Crippen molar-refractivity contribution in [2.24, 2.45) is 5.41 Å². The Morgan fingerprint density at radius 1 is 1.38 bits per heavy atom. The summed E-state index contributed by atoms with van der Waals surface area (Å²) in [5.41, 5.74) is 0.0424. The summed E-state index contributed by atoms with van der Waals surface area (Å²) < 4.78 is 25.7. The first kappa shape index (κ1) is 11.0. The van der Waals surface area contributed by atoms with Crippen LogP contribution >= 0.6 is 0 Å². The van der Waals surface area contributed by atoms with Gasteiger partial charge in [-0.1, -0.05) is 13.3 Å². The van der Waals surface area contributed by atoms with Crippen LogP contribution in [0, 0.1) is 5.41 Å². The van der Waals surface area contributed by atoms with E-state index < -0.39 is 10.0 Å². The lowest BCUT2D eigenvalue weighted by molar-refractivity contribution is 0.193. The molecule has 1 aliphatic carbocycles. The van der Waals surface area contributed by atoms with Crippen LogP contribution in [-0.2, 0) is 10.0 Å². The highest BCUT2D eigenvalue weighted by molar-refractivity contribution is 7.89. The molecule has 0 bridgehead atoms. The van der Waals surface area contributed by atoms with Gasteiger partial charge in [-0.05, 0) is 32.1 Å². The molecule has 0 heterocycles. The van der Waals surface area contributed by atoms with Gasteiger partial charge < -0.3 is 0 Å². The van der Waals surface area contributed by atoms with Gasteiger partial charge in [-0.15, -0.1) is 0 Å². The Morgan fingerprint density at radius 2 is 1.92 bits per heavy atom. The third-order valence-electron chi connectivity index (χ3n) is 2.51. The fraction of sp³-hybridized carbons (Fsp3) is 1.00. The summed E-state index contributed by atoms with van der Waals surface area (Å²) in [6.45, 7) is 5.75. The van der Waals surface area contributed by atoms with Gasteiger partial charge in [-0.3, -0.25) is 0 Å². The molecule has 4 heteroatoms. The number of hydrogen-bond acceptors (Lipinski definition) is 2. The van der Waals surface area contributed by atoms with E-state index in [4.69, 9.17) is 0 Å². The normalized spacial score (nSPS) is 21.5. The Morgan fingerprint density at radius 3 is 2.23 bits per heavy atom. The second-order valence-corrected chi connectivity index (χ2v) is 6.45. The van der Waals surface area contributed by atoms with Crippen molar-refractivity contribution in [3.05, 3.63) is 0 Å². The van der Waals surface area contributed by atoms with E-state index in [1.54, 1.807) is 0 Å². The van der Waals surface area contributed by atoms with Crippen LogP contribution in [0.3, 0.4) is 0 Å². The van der Waals surface area contributed by atoms with E-state index in [1.165, 1.54) is 6.42 Å². The number of nitrogens with one attached hydrogen (secondary N) is 1. The monoisotopic (exact) mass is 205 g/mol. The molecule has 0 atom stereocenters. The highest BCUT2D eigenvalue weighted by Crippen LogP contribution is 2.41. The fourth-order valence-electron chi connectivity index (χ4n) is 1.78. The summed E-state index contributed by atoms with van der Waals surface area (Å²) in [6, 6.07) is 0.00803. The van der Waals surface area contributed by atoms with Gasteiger partial charge in [-0.25, -0.2) is 13.1 Å². The molecule has 0 spiro atoms. The second kappa shape index (κ2) is 3.58. The summed E-state index contributed by atoms with van der Waals surface area (Å²) in [4.78, 5) is 0. The van der Waals surface area contributed by atoms with Crippen LogP contribution in [0.1, 0.15) is 40.0 Å². The molecule has 1 N–H and O–H groups in total. The zero-order valence-electron chi connectivity index (χ0n) is 8.63. The van der Waals surface area contributed by atoms with E-state index in [-0.39, 0.29) is 17.2 Å². The third-order valence-corrected chi connectivity index (χ3v) is 4.42. The minimum Gasteiger partial charge on any atom is -0.213 e. The molecule has 0 aromatic rings. The SMILES string of the molecule is CC(C)NS(=O)(=O)CC1(C)CCC1. The molecule has 0 aromatic heterocycles. The van der Waals surface area contributed by atoms with Crippen LogP contribution in [0.25, 0.3) is 0 Å². The molecule has 0 aromatic carbocycles. The summed E-state index contributed by atoms with van der Waals surface area (Å²) in [7, 11) is -3.05. The molecule has 0 aliphatic heterocycles. The van der Waals surface area contributed by atoms with E-state index in [1.807, 2.05) is 13.8 Å². The van der Waals surface area contributed by atoms with Crippen molar-refractivity contribution < 1.29 is 8.42 Å². The van der Waals surface area contributed by atoms with Gasteiger partial charge >= 0.3 is 0 Å². The molecule has 13 heavy (non-hydrogen) atoms. The van der Waals surface area contributed by atoms with Gasteiger partial charge in [0.2, 0.25) is 10.0 Å². The maximum absolute atomic E-state index is 11.5. The predicted molar refractivity (Wildman–Crippen MR) is 54.0 cm³/mol. The lowest BCUT2D eigenvalue weighted by Gasteiger charge is -2.38. The number of hydrogen-bond donors (Lipinski definition) is 1. The molecule has 1 fully saturated rings. The Labute approximate surface area is 81.0 Å². The van der Waals surface area contributed by atoms with Crippen molar-refractivity contribution in [3.63, 3.8) is 0 Å². The van der Waals surface area contributed by atoms with E-state index in [9.17, 15) is 8.42 Å². The molecular weight excluding hydrogens is 186 g/mol. The predicted octanol–water partition coefficient (Wildman–Crippen LogP) is 1.50. The Bertz CT molecular complexity index is 265. The number of sulfonamides is 1. The highest BCUT2D eigenvalue weighted by Gasteiger charge is 2.36. The Kier molecular flexibility index (Phi) is 3.02. The second-order valence-electron chi connectivity index (χ2n) is 4.70. The van der Waals surface area contributed by atoms with Gasteiger partial charge in [-0.2, -0.15) is 0 Å². The maximum atomic E-state index is 11.5. The van der Waals surface area contributed by atoms with E-state index >= 15 is 0 Å². The molecule has 0 amide bonds. The molecule has 1 aliphatic rings. The zero-order chi connectivity index (χ0) is 10.1. The van der Waals surface area contributed by atoms with Gasteiger partial charge in [0.15, 0.2) is 0 Å². The van der Waals surface area contributed by atoms with Crippen molar-refractivity contribution in [2.75, 3.05) is 5.75 Å². The van der Waals surface area contributed by atoms with Crippen LogP contribution in [0.4, 0.5) is 0 Å². The molecule has 78 valence electrons. The van der Waals surface area contributed by atoms with Crippen molar-refractivity contribution in [1.29, 1.82) is 0 Å². The van der Waals surface area contributed by atoms with Crippen LogP contribution in [0.2, 0.25) is 0 Å². The molecule has 1 saturated carbocycles. The third kappa shape index (κ3) is 3.27. The zero-order valence-corrected chi connectivity index (χ0v) is 9.45. The first-order chi connectivity index (χ1) is 5.83. The summed E-state index contributed by atoms with van der Waals surface area (Å²) >= 11 is 0. The molecule has 3 nitrogen and oxygen atoms in total. The van der Waals surface area contributed by atoms with Crippen molar-refractivity contribution in [3.8, 4) is 0 Å². The first-order valence-corrected chi connectivity index (χ1v) is 6.48. The van der Waals surface area contributed by atoms with Gasteiger partial charge in [0, 0.05) is 6.04 Å². The molecule has 0 saturated heterocycles. The van der Waals surface area contributed by atoms with Gasteiger partial charge in [0.05, 0.1) is 5.75 Å². The quantitative estimate of drug-likeness (QED) is 0.756. The molecule has 0 radical (unpaired) electrons. The molecule has 1 rings (SSSR count). The van der Waals surface area contributed by atoms with Crippen LogP contribution < -0.4 is 4.72 Å². The average molecular weight is 205 g/mol. The van der Waals surface area contributed by atoms with Crippen molar-refractivity contribution in [2.45, 2.75) is 46.1 Å². The van der Waals surface area contributed by atoms with Crippen LogP contribution in [0.15, 0.2) is 0 Å². The molecular formula is C9H19NO2S. The maximum Gasteiger partial charge on any atom is 0.212 e. The first-order valence-electron chi connectivity index (χ1n) is 4.83. The summed E-state index contributed by atoms with van der Waals surface area (Å²) in [5.74, 6) is 0.290. The minimum atomic E-state index is -3.05. The fourth-order valence-corrected chi connectivity index (χ4v) is 3.79. The van der Waals surface area contributed by atoms with Crippen LogP contribution in [0.5, 0.6) is 0 Å². The topological polar surface area (TPSA) is 46.2 Å². The highest BCUT2D eigenvalue weighted by atomic mass is 32.2. The lowest BCUT2D eigenvalue weighted by Crippen LogP contribution is -2.41. The lowest BCUT2D eigenvalue weighted by atomic mass is 9.72. The standard InChI is InChI=1S/C9H19NO2S/c1-8(2)10-13(11,12)7-9(3)5-4-6-9/h8,10H,4-7H2,1-3H3. The minimum absolute atomic E-state index is 0.00803. The Balaban J connectivity index is 2.51. The van der Waals surface area contributed by atoms with Crippen LogP contribution in [-0.4, -0.2) is 20.2 Å². The smallest absolute Gasteiger partial charge is 0.212 e. The summed E-state index contributed by atoms with van der Waals surface area (Å²) in [6.07, 6.45) is 3.27. The largest absolute Gasteiger partial charge is 0.213 e. The summed E-state index contributed by atoms with van der Waals surface area (Å²) in [5, 5.41) is 0. The van der Waals surface area contributed by atoms with E-state index in [2.05, 4.69) is 11.6 Å². The Hall–Kier alpha value is -0.0900. The molecule has 0 unspecified atom stereocenters. The van der Waals surface area contributed by atoms with Gasteiger partial charge in [0.1, 0.15) is 0 Å². The average Bonchev–Trinajstić information content (AvgIpc) is 1.79. The van der Waals surface area contributed by atoms with Gasteiger partial charge in [0.25, 0.3) is 0 Å². The van der Waals surface area contributed by atoms with E-state index in [0.29, 0.717) is 0 Å².